The summed E-state index contributed by atoms with van der Waals surface area (Å²) >= 11 is 0. The number of hydrogen-bond acceptors (Lipinski definition) is 4. The van der Waals surface area contributed by atoms with Crippen molar-refractivity contribution in [2.24, 2.45) is 5.92 Å². The van der Waals surface area contributed by atoms with Crippen molar-refractivity contribution in [1.82, 2.24) is 0 Å². The Hall–Kier alpha value is -0.870. The van der Waals surface area contributed by atoms with Crippen LogP contribution in [0, 0.1) is 5.92 Å². The fraction of sp³-hybridized carbons (Fsp3) is 0.800. The zero-order valence-corrected chi connectivity index (χ0v) is 12.5. The van der Waals surface area contributed by atoms with E-state index in [0.29, 0.717) is 12.8 Å². The van der Waals surface area contributed by atoms with Crippen molar-refractivity contribution in [3.05, 3.63) is 11.6 Å². The summed E-state index contributed by atoms with van der Waals surface area (Å²) in [4.78, 5) is 11.5. The van der Waals surface area contributed by atoms with E-state index in [9.17, 15) is 4.79 Å². The van der Waals surface area contributed by atoms with Gasteiger partial charge in [0.15, 0.2) is 5.79 Å². The molecule has 110 valence electrons. The molecule has 1 atom stereocenters. The number of carbonyl (C=O) groups is 1. The van der Waals surface area contributed by atoms with E-state index >= 15 is 0 Å². The summed E-state index contributed by atoms with van der Waals surface area (Å²) in [5.74, 6) is -0.653. The van der Waals surface area contributed by atoms with Gasteiger partial charge >= 0.3 is 5.97 Å². The van der Waals surface area contributed by atoms with E-state index < -0.39 is 5.79 Å². The van der Waals surface area contributed by atoms with Crippen molar-refractivity contribution in [3.8, 4) is 0 Å². The predicted octanol–water partition coefficient (Wildman–Crippen LogP) is 3.07. The van der Waals surface area contributed by atoms with Gasteiger partial charge in [0.25, 0.3) is 0 Å². The maximum atomic E-state index is 11.5. The molecule has 0 radical (unpaired) electrons. The summed E-state index contributed by atoms with van der Waals surface area (Å²) in [6.45, 7) is 2.18. The third-order valence-electron chi connectivity index (χ3n) is 3.99. The molecule has 1 aliphatic carbocycles. The highest BCUT2D eigenvalue weighted by molar-refractivity contribution is 5.72. The molecule has 0 saturated heterocycles. The molecular weight excluding hydrogens is 244 g/mol. The van der Waals surface area contributed by atoms with Crippen LogP contribution in [0.15, 0.2) is 11.6 Å². The van der Waals surface area contributed by atoms with Crippen LogP contribution in [0.1, 0.15) is 45.4 Å². The van der Waals surface area contributed by atoms with Crippen LogP contribution >= 0.6 is 0 Å². The highest BCUT2D eigenvalue weighted by atomic mass is 16.7. The fourth-order valence-corrected chi connectivity index (χ4v) is 2.81. The first-order chi connectivity index (χ1) is 9.13. The number of rotatable bonds is 8. The number of esters is 1. The molecule has 1 rings (SSSR count). The van der Waals surface area contributed by atoms with Gasteiger partial charge in [-0.2, -0.15) is 0 Å². The monoisotopic (exact) mass is 270 g/mol. The summed E-state index contributed by atoms with van der Waals surface area (Å²) in [5, 5.41) is 0. The first kappa shape index (κ1) is 16.2. The van der Waals surface area contributed by atoms with Crippen molar-refractivity contribution in [2.45, 2.75) is 51.2 Å². The standard InChI is InChI=1S/C15H26O4/c1-5-6-7-8-13-12(11-14(16)17-2)9-10-15(13,18-3)19-4/h9,13H,5-8,10-11H2,1-4H3. The van der Waals surface area contributed by atoms with E-state index in [1.807, 2.05) is 0 Å². The molecule has 1 aliphatic rings. The van der Waals surface area contributed by atoms with E-state index in [2.05, 4.69) is 13.0 Å². The lowest BCUT2D eigenvalue weighted by Gasteiger charge is -2.34. The van der Waals surface area contributed by atoms with Gasteiger partial charge in [0.05, 0.1) is 13.5 Å². The van der Waals surface area contributed by atoms with Crippen molar-refractivity contribution in [3.63, 3.8) is 0 Å². The van der Waals surface area contributed by atoms with Crippen LogP contribution in [0.5, 0.6) is 0 Å². The molecule has 0 aromatic heterocycles. The second kappa shape index (κ2) is 7.65. The number of unbranched alkanes of at least 4 members (excludes halogenated alkanes) is 2. The molecule has 0 fully saturated rings. The Balaban J connectivity index is 2.76. The van der Waals surface area contributed by atoms with Gasteiger partial charge < -0.3 is 14.2 Å². The summed E-state index contributed by atoms with van der Waals surface area (Å²) in [5.41, 5.74) is 1.09. The quantitative estimate of drug-likeness (QED) is 0.294. The van der Waals surface area contributed by atoms with E-state index in [4.69, 9.17) is 14.2 Å². The zero-order chi connectivity index (χ0) is 14.3. The van der Waals surface area contributed by atoms with Gasteiger partial charge in [-0.3, -0.25) is 4.79 Å². The highest BCUT2D eigenvalue weighted by Crippen LogP contribution is 2.43. The summed E-state index contributed by atoms with van der Waals surface area (Å²) in [6.07, 6.45) is 7.57. The Bertz CT molecular complexity index is 318. The van der Waals surface area contributed by atoms with Crippen LogP contribution in [-0.4, -0.2) is 33.1 Å². The third-order valence-corrected chi connectivity index (χ3v) is 3.99. The lowest BCUT2D eigenvalue weighted by molar-refractivity contribution is -0.225. The predicted molar refractivity (Wildman–Crippen MR) is 73.7 cm³/mol. The lowest BCUT2D eigenvalue weighted by atomic mass is 9.88. The fourth-order valence-electron chi connectivity index (χ4n) is 2.81. The molecule has 0 heterocycles. The minimum absolute atomic E-state index is 0.146. The number of ether oxygens (including phenoxy) is 3. The number of methoxy groups -OCH3 is 3. The minimum Gasteiger partial charge on any atom is -0.469 e. The first-order valence-corrected chi connectivity index (χ1v) is 6.99. The van der Waals surface area contributed by atoms with E-state index in [1.54, 1.807) is 14.2 Å². The number of hydrogen-bond donors (Lipinski definition) is 0. The molecule has 0 aliphatic heterocycles. The molecule has 19 heavy (non-hydrogen) atoms. The average molecular weight is 270 g/mol. The molecule has 0 amide bonds. The minimum atomic E-state index is -0.600. The molecule has 0 aromatic rings. The van der Waals surface area contributed by atoms with Gasteiger partial charge in [0.2, 0.25) is 0 Å². The Morgan fingerprint density at radius 1 is 1.32 bits per heavy atom. The van der Waals surface area contributed by atoms with Crippen LogP contribution in [0.4, 0.5) is 0 Å². The van der Waals surface area contributed by atoms with Crippen molar-refractivity contribution < 1.29 is 19.0 Å². The van der Waals surface area contributed by atoms with E-state index in [0.717, 1.165) is 18.4 Å². The molecule has 4 heteroatoms. The molecule has 0 N–H and O–H groups in total. The second-order valence-corrected chi connectivity index (χ2v) is 5.00. The molecular formula is C15H26O4. The largest absolute Gasteiger partial charge is 0.469 e. The van der Waals surface area contributed by atoms with E-state index in [1.165, 1.54) is 20.0 Å². The molecule has 0 aromatic carbocycles. The highest BCUT2D eigenvalue weighted by Gasteiger charge is 2.44. The van der Waals surface area contributed by atoms with E-state index in [-0.39, 0.29) is 11.9 Å². The Labute approximate surface area is 116 Å². The maximum absolute atomic E-state index is 11.5. The molecule has 1 unspecified atom stereocenters. The van der Waals surface area contributed by atoms with Gasteiger partial charge in [-0.05, 0) is 6.42 Å². The van der Waals surface area contributed by atoms with Crippen LogP contribution in [0.25, 0.3) is 0 Å². The maximum Gasteiger partial charge on any atom is 0.309 e. The summed E-state index contributed by atoms with van der Waals surface area (Å²) < 4.78 is 16.0. The normalized spacial score (nSPS) is 21.3. The SMILES string of the molecule is CCCCCC1C(CC(=O)OC)=CCC1(OC)OC. The Morgan fingerprint density at radius 2 is 2.00 bits per heavy atom. The Morgan fingerprint density at radius 3 is 2.53 bits per heavy atom. The third kappa shape index (κ3) is 3.80. The van der Waals surface area contributed by atoms with Crippen LogP contribution in [0.3, 0.4) is 0 Å². The average Bonchev–Trinajstić information content (AvgIpc) is 2.78. The van der Waals surface area contributed by atoms with Crippen LogP contribution in [0.2, 0.25) is 0 Å². The van der Waals surface area contributed by atoms with Crippen molar-refractivity contribution in [2.75, 3.05) is 21.3 Å². The Kier molecular flexibility index (Phi) is 6.52. The topological polar surface area (TPSA) is 44.8 Å². The summed E-state index contributed by atoms with van der Waals surface area (Å²) in [6, 6.07) is 0. The molecule has 0 spiro atoms. The van der Waals surface area contributed by atoms with Crippen LogP contribution < -0.4 is 0 Å². The van der Waals surface area contributed by atoms with Gasteiger partial charge in [0, 0.05) is 26.6 Å². The van der Waals surface area contributed by atoms with Gasteiger partial charge in [-0.15, -0.1) is 0 Å². The summed E-state index contributed by atoms with van der Waals surface area (Å²) in [7, 11) is 4.76. The van der Waals surface area contributed by atoms with Gasteiger partial charge in [0.1, 0.15) is 0 Å². The number of carbonyl (C=O) groups excluding carboxylic acids is 1. The molecule has 0 bridgehead atoms. The van der Waals surface area contributed by atoms with Gasteiger partial charge in [-0.25, -0.2) is 0 Å². The van der Waals surface area contributed by atoms with Gasteiger partial charge in [-0.1, -0.05) is 37.8 Å². The zero-order valence-electron chi connectivity index (χ0n) is 12.5. The smallest absolute Gasteiger partial charge is 0.309 e. The second-order valence-electron chi connectivity index (χ2n) is 5.00. The van der Waals surface area contributed by atoms with Crippen molar-refractivity contribution in [1.29, 1.82) is 0 Å². The first-order valence-electron chi connectivity index (χ1n) is 6.99. The van der Waals surface area contributed by atoms with Crippen LogP contribution in [-0.2, 0) is 19.0 Å². The molecule has 0 saturated carbocycles. The lowest BCUT2D eigenvalue weighted by Crippen LogP contribution is -2.39. The molecule has 4 nitrogen and oxygen atoms in total. The van der Waals surface area contributed by atoms with Crippen molar-refractivity contribution >= 4 is 5.97 Å².